The highest BCUT2D eigenvalue weighted by Gasteiger charge is 2.08. The van der Waals surface area contributed by atoms with Crippen molar-refractivity contribution >= 4 is 0 Å². The first-order valence-corrected chi connectivity index (χ1v) is 5.67. The number of nitrogens with one attached hydrogen (secondary N) is 1. The summed E-state index contributed by atoms with van der Waals surface area (Å²) in [6.07, 6.45) is 0.915. The van der Waals surface area contributed by atoms with Crippen LogP contribution < -0.4 is 10.1 Å². The van der Waals surface area contributed by atoms with E-state index in [1.54, 1.807) is 7.11 Å². The van der Waals surface area contributed by atoms with Crippen LogP contribution in [-0.2, 0) is 4.74 Å². The van der Waals surface area contributed by atoms with Crippen LogP contribution in [0.4, 0.5) is 0 Å². The Labute approximate surface area is 97.8 Å². The number of para-hydroxylation sites is 1. The van der Waals surface area contributed by atoms with Crippen molar-refractivity contribution in [3.8, 4) is 5.75 Å². The maximum absolute atomic E-state index is 5.74. The molecule has 1 unspecified atom stereocenters. The lowest BCUT2D eigenvalue weighted by atomic mass is 10.1. The summed E-state index contributed by atoms with van der Waals surface area (Å²) in [4.78, 5) is 0. The second-order valence-corrected chi connectivity index (χ2v) is 3.74. The van der Waals surface area contributed by atoms with Gasteiger partial charge in [0.25, 0.3) is 0 Å². The van der Waals surface area contributed by atoms with Crippen molar-refractivity contribution in [1.29, 1.82) is 0 Å². The van der Waals surface area contributed by atoms with E-state index < -0.39 is 0 Å². The van der Waals surface area contributed by atoms with Gasteiger partial charge in [0.1, 0.15) is 5.75 Å². The zero-order chi connectivity index (χ0) is 11.8. The van der Waals surface area contributed by atoms with E-state index in [0.717, 1.165) is 18.8 Å². The summed E-state index contributed by atoms with van der Waals surface area (Å²) in [5.41, 5.74) is 1.20. The van der Waals surface area contributed by atoms with Crippen molar-refractivity contribution in [2.45, 2.75) is 19.4 Å². The van der Waals surface area contributed by atoms with Crippen molar-refractivity contribution in [2.75, 3.05) is 27.4 Å². The zero-order valence-electron chi connectivity index (χ0n) is 10.3. The number of methoxy groups -OCH3 is 1. The monoisotopic (exact) mass is 223 g/mol. The number of rotatable bonds is 7. The molecule has 0 spiro atoms. The Morgan fingerprint density at radius 1 is 1.25 bits per heavy atom. The van der Waals surface area contributed by atoms with Crippen molar-refractivity contribution in [3.05, 3.63) is 29.8 Å². The Balaban J connectivity index is 2.57. The van der Waals surface area contributed by atoms with E-state index >= 15 is 0 Å². The van der Waals surface area contributed by atoms with Gasteiger partial charge in [-0.3, -0.25) is 0 Å². The fraction of sp³-hybridized carbons (Fsp3) is 0.538. The third-order valence-corrected chi connectivity index (χ3v) is 2.57. The molecule has 0 aromatic heterocycles. The standard InChI is InChI=1S/C13H21NO2/c1-11(14-2)12-7-4-5-8-13(12)16-10-6-9-15-3/h4-5,7-8,11,14H,6,9-10H2,1-3H3. The SMILES string of the molecule is CNC(C)c1ccccc1OCCCOC. The zero-order valence-corrected chi connectivity index (χ0v) is 10.3. The number of benzene rings is 1. The van der Waals surface area contributed by atoms with Crippen molar-refractivity contribution in [2.24, 2.45) is 0 Å². The molecular weight excluding hydrogens is 202 g/mol. The van der Waals surface area contributed by atoms with Gasteiger partial charge in [0, 0.05) is 31.7 Å². The lowest BCUT2D eigenvalue weighted by Crippen LogP contribution is -2.14. The lowest BCUT2D eigenvalue weighted by Gasteiger charge is -2.16. The van der Waals surface area contributed by atoms with E-state index in [1.165, 1.54) is 5.56 Å². The predicted octanol–water partition coefficient (Wildman–Crippen LogP) is 2.38. The highest BCUT2D eigenvalue weighted by atomic mass is 16.5. The van der Waals surface area contributed by atoms with Gasteiger partial charge in [-0.15, -0.1) is 0 Å². The highest BCUT2D eigenvalue weighted by molar-refractivity contribution is 5.35. The summed E-state index contributed by atoms with van der Waals surface area (Å²) in [5.74, 6) is 0.959. The molecule has 0 saturated heterocycles. The van der Waals surface area contributed by atoms with Gasteiger partial charge in [-0.25, -0.2) is 0 Å². The third-order valence-electron chi connectivity index (χ3n) is 2.57. The normalized spacial score (nSPS) is 12.4. The molecule has 1 aromatic carbocycles. The fourth-order valence-corrected chi connectivity index (χ4v) is 1.51. The van der Waals surface area contributed by atoms with Crippen molar-refractivity contribution in [1.82, 2.24) is 5.32 Å². The molecule has 0 bridgehead atoms. The average Bonchev–Trinajstić information content (AvgIpc) is 2.34. The molecule has 3 heteroatoms. The van der Waals surface area contributed by atoms with Gasteiger partial charge >= 0.3 is 0 Å². The Morgan fingerprint density at radius 2 is 2.00 bits per heavy atom. The Bertz CT molecular complexity index is 302. The highest BCUT2D eigenvalue weighted by Crippen LogP contribution is 2.24. The summed E-state index contributed by atoms with van der Waals surface area (Å²) in [5, 5.41) is 3.22. The van der Waals surface area contributed by atoms with Crippen LogP contribution >= 0.6 is 0 Å². The Hall–Kier alpha value is -1.06. The van der Waals surface area contributed by atoms with Crippen LogP contribution in [0.15, 0.2) is 24.3 Å². The first kappa shape index (κ1) is 13.0. The molecular formula is C13H21NO2. The average molecular weight is 223 g/mol. The molecule has 0 heterocycles. The number of ether oxygens (including phenoxy) is 2. The largest absolute Gasteiger partial charge is 0.493 e. The van der Waals surface area contributed by atoms with E-state index in [4.69, 9.17) is 9.47 Å². The van der Waals surface area contributed by atoms with E-state index in [2.05, 4.69) is 18.3 Å². The molecule has 1 rings (SSSR count). The molecule has 0 saturated carbocycles. The molecule has 0 amide bonds. The first-order chi connectivity index (χ1) is 7.79. The van der Waals surface area contributed by atoms with Gasteiger partial charge in [0.15, 0.2) is 0 Å². The molecule has 3 nitrogen and oxygen atoms in total. The van der Waals surface area contributed by atoms with Crippen molar-refractivity contribution in [3.63, 3.8) is 0 Å². The maximum atomic E-state index is 5.74. The Morgan fingerprint density at radius 3 is 2.69 bits per heavy atom. The summed E-state index contributed by atoms with van der Waals surface area (Å²) < 4.78 is 10.7. The van der Waals surface area contributed by atoms with Gasteiger partial charge in [-0.05, 0) is 20.0 Å². The van der Waals surface area contributed by atoms with Crippen LogP contribution in [0.1, 0.15) is 24.9 Å². The van der Waals surface area contributed by atoms with E-state index in [-0.39, 0.29) is 0 Å². The number of hydrogen-bond donors (Lipinski definition) is 1. The van der Waals surface area contributed by atoms with E-state index in [1.807, 2.05) is 25.2 Å². The van der Waals surface area contributed by atoms with Gasteiger partial charge in [-0.1, -0.05) is 18.2 Å². The molecule has 16 heavy (non-hydrogen) atoms. The second kappa shape index (κ2) is 7.25. The predicted molar refractivity (Wildman–Crippen MR) is 65.9 cm³/mol. The Kier molecular flexibility index (Phi) is 5.90. The van der Waals surface area contributed by atoms with Crippen LogP contribution in [0.5, 0.6) is 5.75 Å². The van der Waals surface area contributed by atoms with Crippen LogP contribution in [-0.4, -0.2) is 27.4 Å². The maximum Gasteiger partial charge on any atom is 0.124 e. The number of hydrogen-bond acceptors (Lipinski definition) is 3. The summed E-state index contributed by atoms with van der Waals surface area (Å²) in [7, 11) is 3.66. The summed E-state index contributed by atoms with van der Waals surface area (Å²) in [6.45, 7) is 3.56. The summed E-state index contributed by atoms with van der Waals surface area (Å²) in [6, 6.07) is 8.43. The quantitative estimate of drug-likeness (QED) is 0.720. The molecule has 0 aliphatic heterocycles. The van der Waals surface area contributed by atoms with E-state index in [0.29, 0.717) is 12.6 Å². The molecule has 0 aliphatic rings. The molecule has 90 valence electrons. The van der Waals surface area contributed by atoms with Crippen LogP contribution in [0.2, 0.25) is 0 Å². The molecule has 1 atom stereocenters. The topological polar surface area (TPSA) is 30.5 Å². The molecule has 1 N–H and O–H groups in total. The fourth-order valence-electron chi connectivity index (χ4n) is 1.51. The molecule has 0 aliphatic carbocycles. The van der Waals surface area contributed by atoms with E-state index in [9.17, 15) is 0 Å². The van der Waals surface area contributed by atoms with Crippen molar-refractivity contribution < 1.29 is 9.47 Å². The minimum absolute atomic E-state index is 0.304. The molecule has 1 aromatic rings. The van der Waals surface area contributed by atoms with Crippen LogP contribution in [0.3, 0.4) is 0 Å². The van der Waals surface area contributed by atoms with Crippen LogP contribution in [0, 0.1) is 0 Å². The molecule has 0 fully saturated rings. The summed E-state index contributed by atoms with van der Waals surface area (Å²) >= 11 is 0. The minimum atomic E-state index is 0.304. The third kappa shape index (κ3) is 3.83. The minimum Gasteiger partial charge on any atom is -0.493 e. The smallest absolute Gasteiger partial charge is 0.124 e. The first-order valence-electron chi connectivity index (χ1n) is 5.67. The van der Waals surface area contributed by atoms with Gasteiger partial charge in [-0.2, -0.15) is 0 Å². The lowest BCUT2D eigenvalue weighted by molar-refractivity contribution is 0.171. The van der Waals surface area contributed by atoms with Crippen LogP contribution in [0.25, 0.3) is 0 Å². The van der Waals surface area contributed by atoms with Gasteiger partial charge in [0.05, 0.1) is 6.61 Å². The second-order valence-electron chi connectivity index (χ2n) is 3.74. The van der Waals surface area contributed by atoms with Gasteiger partial charge < -0.3 is 14.8 Å². The molecule has 0 radical (unpaired) electrons. The van der Waals surface area contributed by atoms with Gasteiger partial charge in [0.2, 0.25) is 0 Å².